The number of carbonyl (C=O) groups is 3. The van der Waals surface area contributed by atoms with Gasteiger partial charge in [0.2, 0.25) is 0 Å². The SMILES string of the molecule is CCOc1ccc(C(=O)NCC(=O)OCC(=O)N2[C@H](C)CCC[C@@H]2C)cc1. The second-order valence-electron chi connectivity index (χ2n) is 6.73. The lowest BCUT2D eigenvalue weighted by Crippen LogP contribution is -2.49. The predicted octanol–water partition coefficient (Wildman–Crippen LogP) is 2.15. The number of benzene rings is 1. The minimum atomic E-state index is -0.639. The van der Waals surface area contributed by atoms with Crippen molar-refractivity contribution in [2.24, 2.45) is 0 Å². The summed E-state index contributed by atoms with van der Waals surface area (Å²) in [6.07, 6.45) is 3.02. The van der Waals surface area contributed by atoms with Crippen molar-refractivity contribution in [3.8, 4) is 5.75 Å². The maximum Gasteiger partial charge on any atom is 0.325 e. The van der Waals surface area contributed by atoms with E-state index in [2.05, 4.69) is 5.32 Å². The number of hydrogen-bond acceptors (Lipinski definition) is 5. The minimum Gasteiger partial charge on any atom is -0.494 e. The smallest absolute Gasteiger partial charge is 0.325 e. The Morgan fingerprint density at radius 1 is 1.11 bits per heavy atom. The first-order chi connectivity index (χ1) is 12.9. The summed E-state index contributed by atoms with van der Waals surface area (Å²) in [6.45, 7) is 5.85. The molecule has 1 fully saturated rings. The lowest BCUT2D eigenvalue weighted by molar-refractivity contribution is -0.154. The van der Waals surface area contributed by atoms with Crippen LogP contribution in [0.2, 0.25) is 0 Å². The van der Waals surface area contributed by atoms with E-state index in [0.717, 1.165) is 19.3 Å². The van der Waals surface area contributed by atoms with Crippen LogP contribution in [0, 0.1) is 0 Å². The van der Waals surface area contributed by atoms with Gasteiger partial charge in [0.25, 0.3) is 11.8 Å². The fourth-order valence-electron chi connectivity index (χ4n) is 3.30. The Labute approximate surface area is 160 Å². The van der Waals surface area contributed by atoms with Gasteiger partial charge >= 0.3 is 5.97 Å². The third kappa shape index (κ3) is 5.98. The Kier molecular flexibility index (Phi) is 7.64. The Hall–Kier alpha value is -2.57. The van der Waals surface area contributed by atoms with Crippen LogP contribution in [0.25, 0.3) is 0 Å². The molecule has 1 aromatic carbocycles. The normalized spacial score (nSPS) is 19.3. The minimum absolute atomic E-state index is 0.152. The molecule has 148 valence electrons. The molecule has 0 radical (unpaired) electrons. The van der Waals surface area contributed by atoms with Gasteiger partial charge in [0.1, 0.15) is 12.3 Å². The summed E-state index contributed by atoms with van der Waals surface area (Å²) in [5, 5.41) is 2.49. The van der Waals surface area contributed by atoms with Gasteiger partial charge in [-0.25, -0.2) is 0 Å². The van der Waals surface area contributed by atoms with Crippen LogP contribution in [-0.2, 0) is 14.3 Å². The Morgan fingerprint density at radius 2 is 1.74 bits per heavy atom. The first-order valence-corrected chi connectivity index (χ1v) is 9.40. The van der Waals surface area contributed by atoms with Crippen LogP contribution in [0.5, 0.6) is 5.75 Å². The molecule has 1 heterocycles. The molecule has 1 aliphatic rings. The molecule has 0 spiro atoms. The molecule has 0 unspecified atom stereocenters. The second kappa shape index (κ2) is 9.94. The molecule has 1 aliphatic heterocycles. The third-order valence-electron chi connectivity index (χ3n) is 4.66. The van der Waals surface area contributed by atoms with Crippen molar-refractivity contribution in [3.63, 3.8) is 0 Å². The molecule has 0 saturated carbocycles. The summed E-state index contributed by atoms with van der Waals surface area (Å²) in [4.78, 5) is 38.0. The first kappa shape index (κ1) is 20.7. The zero-order valence-electron chi connectivity index (χ0n) is 16.2. The van der Waals surface area contributed by atoms with Gasteiger partial charge in [-0.3, -0.25) is 14.4 Å². The predicted molar refractivity (Wildman–Crippen MR) is 101 cm³/mol. The molecule has 7 heteroatoms. The molecule has 2 rings (SSSR count). The molecule has 0 bridgehead atoms. The van der Waals surface area contributed by atoms with Gasteiger partial charge < -0.3 is 19.7 Å². The molecule has 0 aliphatic carbocycles. The average molecular weight is 376 g/mol. The average Bonchev–Trinajstić information content (AvgIpc) is 2.65. The molecule has 2 atom stereocenters. The van der Waals surface area contributed by atoms with E-state index < -0.39 is 5.97 Å². The molecule has 2 amide bonds. The highest BCUT2D eigenvalue weighted by molar-refractivity contribution is 5.96. The molecular weight excluding hydrogens is 348 g/mol. The third-order valence-corrected chi connectivity index (χ3v) is 4.66. The number of nitrogens with one attached hydrogen (secondary N) is 1. The van der Waals surface area contributed by atoms with Crippen molar-refractivity contribution in [1.29, 1.82) is 0 Å². The van der Waals surface area contributed by atoms with E-state index in [0.29, 0.717) is 17.9 Å². The van der Waals surface area contributed by atoms with Crippen LogP contribution in [0.1, 0.15) is 50.4 Å². The highest BCUT2D eigenvalue weighted by Crippen LogP contribution is 2.22. The molecule has 1 N–H and O–H groups in total. The Balaban J connectivity index is 1.75. The van der Waals surface area contributed by atoms with Gasteiger partial charge in [-0.05, 0) is 64.3 Å². The number of rotatable bonds is 7. The standard InChI is InChI=1S/C20H28N2O5/c1-4-26-17-10-8-16(9-11-17)20(25)21-12-19(24)27-13-18(23)22-14(2)6-5-7-15(22)3/h8-11,14-15H,4-7,12-13H2,1-3H3,(H,21,25)/t14-,15+. The molecular formula is C20H28N2O5. The molecule has 0 aromatic heterocycles. The van der Waals surface area contributed by atoms with E-state index in [1.807, 2.05) is 20.8 Å². The Bertz CT molecular complexity index is 649. The van der Waals surface area contributed by atoms with Crippen LogP contribution < -0.4 is 10.1 Å². The number of nitrogens with zero attached hydrogens (tertiary/aromatic N) is 1. The first-order valence-electron chi connectivity index (χ1n) is 9.40. The molecule has 1 aromatic rings. The maximum absolute atomic E-state index is 12.3. The van der Waals surface area contributed by atoms with Crippen LogP contribution in [0.4, 0.5) is 0 Å². The number of carbonyl (C=O) groups excluding carboxylic acids is 3. The second-order valence-corrected chi connectivity index (χ2v) is 6.73. The van der Waals surface area contributed by atoms with Gasteiger partial charge in [-0.1, -0.05) is 0 Å². The fourth-order valence-corrected chi connectivity index (χ4v) is 3.30. The van der Waals surface area contributed by atoms with Crippen molar-refractivity contribution in [2.45, 2.75) is 52.1 Å². The number of ether oxygens (including phenoxy) is 2. The summed E-state index contributed by atoms with van der Waals surface area (Å²) in [5.41, 5.74) is 0.415. The largest absolute Gasteiger partial charge is 0.494 e. The van der Waals surface area contributed by atoms with Crippen LogP contribution in [0.3, 0.4) is 0 Å². The van der Waals surface area contributed by atoms with Gasteiger partial charge in [0, 0.05) is 17.6 Å². The quantitative estimate of drug-likeness (QED) is 0.737. The highest BCUT2D eigenvalue weighted by atomic mass is 16.5. The van der Waals surface area contributed by atoms with E-state index in [1.165, 1.54) is 0 Å². The van der Waals surface area contributed by atoms with Crippen molar-refractivity contribution >= 4 is 17.8 Å². The molecule has 1 saturated heterocycles. The van der Waals surface area contributed by atoms with E-state index >= 15 is 0 Å². The number of esters is 1. The summed E-state index contributed by atoms with van der Waals surface area (Å²) in [5.74, 6) is -0.548. The van der Waals surface area contributed by atoms with Gasteiger partial charge in [0.15, 0.2) is 6.61 Å². The van der Waals surface area contributed by atoms with E-state index in [9.17, 15) is 14.4 Å². The lowest BCUT2D eigenvalue weighted by atomic mass is 9.97. The summed E-state index contributed by atoms with van der Waals surface area (Å²) in [6, 6.07) is 6.92. The van der Waals surface area contributed by atoms with E-state index in [-0.39, 0.29) is 37.0 Å². The van der Waals surface area contributed by atoms with Crippen LogP contribution >= 0.6 is 0 Å². The maximum atomic E-state index is 12.3. The van der Waals surface area contributed by atoms with Crippen LogP contribution in [0.15, 0.2) is 24.3 Å². The van der Waals surface area contributed by atoms with Crippen LogP contribution in [-0.4, -0.2) is 54.5 Å². The number of amides is 2. The summed E-state index contributed by atoms with van der Waals surface area (Å²) < 4.78 is 10.3. The van der Waals surface area contributed by atoms with Crippen molar-refractivity contribution in [1.82, 2.24) is 10.2 Å². The van der Waals surface area contributed by atoms with Crippen molar-refractivity contribution < 1.29 is 23.9 Å². The molecule has 27 heavy (non-hydrogen) atoms. The summed E-state index contributed by atoms with van der Waals surface area (Å²) in [7, 11) is 0. The fraction of sp³-hybridized carbons (Fsp3) is 0.550. The number of piperidine rings is 1. The van der Waals surface area contributed by atoms with Gasteiger partial charge in [-0.2, -0.15) is 0 Å². The zero-order valence-corrected chi connectivity index (χ0v) is 16.2. The van der Waals surface area contributed by atoms with Gasteiger partial charge in [0.05, 0.1) is 6.61 Å². The zero-order chi connectivity index (χ0) is 19.8. The highest BCUT2D eigenvalue weighted by Gasteiger charge is 2.29. The van der Waals surface area contributed by atoms with E-state index in [1.54, 1.807) is 29.2 Å². The lowest BCUT2D eigenvalue weighted by Gasteiger charge is -2.38. The molecule has 7 nitrogen and oxygen atoms in total. The van der Waals surface area contributed by atoms with Crippen molar-refractivity contribution in [2.75, 3.05) is 19.8 Å². The van der Waals surface area contributed by atoms with E-state index in [4.69, 9.17) is 9.47 Å². The number of likely N-dealkylation sites (tertiary alicyclic amines) is 1. The van der Waals surface area contributed by atoms with Gasteiger partial charge in [-0.15, -0.1) is 0 Å². The monoisotopic (exact) mass is 376 g/mol. The topological polar surface area (TPSA) is 84.9 Å². The van der Waals surface area contributed by atoms with Crippen molar-refractivity contribution in [3.05, 3.63) is 29.8 Å². The summed E-state index contributed by atoms with van der Waals surface area (Å²) >= 11 is 0. The Morgan fingerprint density at radius 3 is 2.33 bits per heavy atom. The number of hydrogen-bond donors (Lipinski definition) is 1.